The number of halogens is 1. The number of aliphatic imine (C=N–C) groups is 1. The zero-order valence-electron chi connectivity index (χ0n) is 15.0. The molecule has 1 spiro atoms. The van der Waals surface area contributed by atoms with E-state index in [1.165, 1.54) is 22.6 Å². The van der Waals surface area contributed by atoms with Gasteiger partial charge in [0.2, 0.25) is 0 Å². The molecule has 1 aliphatic carbocycles. The predicted molar refractivity (Wildman–Crippen MR) is 109 cm³/mol. The van der Waals surface area contributed by atoms with Crippen molar-refractivity contribution in [3.8, 4) is 16.5 Å². The third-order valence-corrected chi connectivity index (χ3v) is 6.78. The molecule has 1 unspecified atom stereocenters. The fourth-order valence-electron chi connectivity index (χ4n) is 3.60. The van der Waals surface area contributed by atoms with E-state index in [2.05, 4.69) is 12.1 Å². The van der Waals surface area contributed by atoms with Crippen LogP contribution < -0.4 is 5.73 Å². The second kappa shape index (κ2) is 7.81. The molecule has 0 saturated heterocycles. The van der Waals surface area contributed by atoms with E-state index in [9.17, 15) is 4.39 Å². The molecule has 3 nitrogen and oxygen atoms in total. The van der Waals surface area contributed by atoms with Gasteiger partial charge in [0.25, 0.3) is 0 Å². The summed E-state index contributed by atoms with van der Waals surface area (Å²) >= 11 is 3.23. The lowest BCUT2D eigenvalue weighted by molar-refractivity contribution is 0.368. The van der Waals surface area contributed by atoms with Gasteiger partial charge in [0.05, 0.1) is 17.2 Å². The van der Waals surface area contributed by atoms with Gasteiger partial charge in [0.15, 0.2) is 5.17 Å². The van der Waals surface area contributed by atoms with Crippen molar-refractivity contribution in [2.45, 2.75) is 45.1 Å². The quantitative estimate of drug-likeness (QED) is 0.709. The van der Waals surface area contributed by atoms with Gasteiger partial charge in [-0.2, -0.15) is 5.26 Å². The van der Waals surface area contributed by atoms with Gasteiger partial charge >= 0.3 is 0 Å². The van der Waals surface area contributed by atoms with Crippen LogP contribution in [0.3, 0.4) is 0 Å². The number of thioether (sulfide) groups is 1. The highest BCUT2D eigenvalue weighted by Crippen LogP contribution is 2.49. The molecular weight excluding hydrogens is 365 g/mol. The largest absolute Gasteiger partial charge is 0.379 e. The van der Waals surface area contributed by atoms with E-state index in [1.807, 2.05) is 13.8 Å². The van der Waals surface area contributed by atoms with Crippen molar-refractivity contribution in [2.24, 2.45) is 10.7 Å². The molecule has 4 rings (SSSR count). The topological polar surface area (TPSA) is 62.2 Å². The van der Waals surface area contributed by atoms with Gasteiger partial charge in [-0.3, -0.25) is 4.99 Å². The fraction of sp³-hybridized carbons (Fsp3) is 0.400. The lowest BCUT2D eigenvalue weighted by atomic mass is 9.78. The molecule has 0 saturated carbocycles. The summed E-state index contributed by atoms with van der Waals surface area (Å²) in [7, 11) is 0. The summed E-state index contributed by atoms with van der Waals surface area (Å²) in [6.07, 6.45) is 4.05. The van der Waals surface area contributed by atoms with Gasteiger partial charge in [0.1, 0.15) is 5.82 Å². The minimum Gasteiger partial charge on any atom is -0.379 e. The van der Waals surface area contributed by atoms with Gasteiger partial charge in [-0.15, -0.1) is 11.3 Å². The summed E-state index contributed by atoms with van der Waals surface area (Å²) in [5.74, 6) is 0.682. The molecule has 1 aromatic heterocycles. The van der Waals surface area contributed by atoms with Crippen LogP contribution in [-0.4, -0.2) is 10.9 Å². The van der Waals surface area contributed by atoms with E-state index in [0.717, 1.165) is 36.3 Å². The van der Waals surface area contributed by atoms with Crippen LogP contribution in [0.2, 0.25) is 0 Å². The van der Waals surface area contributed by atoms with Crippen LogP contribution in [0, 0.1) is 17.1 Å². The normalized spacial score (nSPS) is 21.2. The van der Waals surface area contributed by atoms with Crippen molar-refractivity contribution in [2.75, 3.05) is 5.75 Å². The van der Waals surface area contributed by atoms with E-state index in [0.29, 0.717) is 16.3 Å². The molecule has 0 fully saturated rings. The highest BCUT2D eigenvalue weighted by molar-refractivity contribution is 8.13. The van der Waals surface area contributed by atoms with E-state index >= 15 is 0 Å². The number of benzene rings is 1. The number of fused-ring (bicyclic) bond motifs is 2. The summed E-state index contributed by atoms with van der Waals surface area (Å²) in [4.78, 5) is 6.95. The molecule has 0 bridgehead atoms. The van der Waals surface area contributed by atoms with Crippen LogP contribution in [0.1, 0.15) is 49.1 Å². The molecule has 2 aliphatic rings. The lowest BCUT2D eigenvalue weighted by Gasteiger charge is -2.36. The molecule has 136 valence electrons. The Hall–Kier alpha value is -1.84. The molecule has 26 heavy (non-hydrogen) atoms. The van der Waals surface area contributed by atoms with Crippen molar-refractivity contribution in [1.29, 1.82) is 5.26 Å². The van der Waals surface area contributed by atoms with Crippen molar-refractivity contribution in [3.05, 3.63) is 46.1 Å². The summed E-state index contributed by atoms with van der Waals surface area (Å²) in [5, 5.41) is 9.74. The minimum absolute atomic E-state index is 0.235. The fourth-order valence-corrected chi connectivity index (χ4v) is 5.80. The first kappa shape index (κ1) is 18.9. The Balaban J connectivity index is 0.000000948. The van der Waals surface area contributed by atoms with E-state index < -0.39 is 0 Å². The number of nitrogens with zero attached hydrogens (tertiary/aromatic N) is 2. The first-order chi connectivity index (χ1) is 12.6. The number of nitriles is 1. The number of rotatable bonds is 1. The van der Waals surface area contributed by atoms with E-state index in [-0.39, 0.29) is 11.4 Å². The maximum absolute atomic E-state index is 14.3. The van der Waals surface area contributed by atoms with Gasteiger partial charge in [-0.05, 0) is 55.5 Å². The molecule has 1 atom stereocenters. The third-order valence-electron chi connectivity index (χ3n) is 4.76. The van der Waals surface area contributed by atoms with Gasteiger partial charge < -0.3 is 5.73 Å². The highest BCUT2D eigenvalue weighted by Gasteiger charge is 2.39. The number of thiophene rings is 1. The highest BCUT2D eigenvalue weighted by atomic mass is 32.2. The average molecular weight is 388 g/mol. The Kier molecular flexibility index (Phi) is 5.69. The second-order valence-corrected chi connectivity index (χ2v) is 8.44. The number of hydrogen-bond acceptors (Lipinski definition) is 5. The zero-order chi connectivity index (χ0) is 18.7. The number of hydrogen-bond donors (Lipinski definition) is 1. The predicted octanol–water partition coefficient (Wildman–Crippen LogP) is 5.44. The Morgan fingerprint density at radius 3 is 2.81 bits per heavy atom. The van der Waals surface area contributed by atoms with Gasteiger partial charge in [-0.25, -0.2) is 4.39 Å². The molecule has 1 aliphatic heterocycles. The monoisotopic (exact) mass is 387 g/mol. The molecule has 2 heterocycles. The maximum atomic E-state index is 14.3. The molecule has 1 aromatic carbocycles. The zero-order valence-corrected chi connectivity index (χ0v) is 16.6. The number of aryl methyl sites for hydroxylation is 1. The van der Waals surface area contributed by atoms with Crippen LogP contribution in [0.4, 0.5) is 4.39 Å². The van der Waals surface area contributed by atoms with Gasteiger partial charge in [-0.1, -0.05) is 25.6 Å². The van der Waals surface area contributed by atoms with Crippen LogP contribution in [0.5, 0.6) is 0 Å². The van der Waals surface area contributed by atoms with E-state index in [1.54, 1.807) is 29.2 Å². The molecule has 2 N–H and O–H groups in total. The third kappa shape index (κ3) is 3.38. The molecule has 0 radical (unpaired) electrons. The molecule has 6 heteroatoms. The smallest absolute Gasteiger partial charge is 0.154 e. The Bertz CT molecular complexity index is 882. The molecule has 2 aromatic rings. The van der Waals surface area contributed by atoms with Crippen LogP contribution in [0.15, 0.2) is 29.3 Å². The number of amidine groups is 1. The summed E-state index contributed by atoms with van der Waals surface area (Å²) < 4.78 is 14.3. The first-order valence-electron chi connectivity index (χ1n) is 8.93. The van der Waals surface area contributed by atoms with Crippen LogP contribution in [0.25, 0.3) is 10.4 Å². The number of nitrogens with two attached hydrogens (primary N) is 1. The first-order valence-corrected chi connectivity index (χ1v) is 10.7. The summed E-state index contributed by atoms with van der Waals surface area (Å²) in [6, 6.07) is 8.67. The van der Waals surface area contributed by atoms with Gasteiger partial charge in [0, 0.05) is 21.1 Å². The summed E-state index contributed by atoms with van der Waals surface area (Å²) in [5.41, 5.74) is 7.95. The SMILES string of the molecule is CC.N#Cc1ccc(F)c(-c2cc3c(s2)CCCC32CCSC(N)=N2)c1. The minimum atomic E-state index is -0.288. The second-order valence-electron chi connectivity index (χ2n) is 6.19. The Morgan fingerprint density at radius 1 is 1.27 bits per heavy atom. The van der Waals surface area contributed by atoms with Crippen molar-refractivity contribution in [1.82, 2.24) is 0 Å². The Labute approximate surface area is 162 Å². The maximum Gasteiger partial charge on any atom is 0.154 e. The van der Waals surface area contributed by atoms with Crippen LogP contribution >= 0.6 is 23.1 Å². The lowest BCUT2D eigenvalue weighted by Crippen LogP contribution is -2.34. The van der Waals surface area contributed by atoms with Crippen molar-refractivity contribution in [3.63, 3.8) is 0 Å². The summed E-state index contributed by atoms with van der Waals surface area (Å²) in [6.45, 7) is 4.00. The van der Waals surface area contributed by atoms with Crippen LogP contribution in [-0.2, 0) is 12.0 Å². The Morgan fingerprint density at radius 2 is 2.08 bits per heavy atom. The van der Waals surface area contributed by atoms with E-state index in [4.69, 9.17) is 16.0 Å². The van der Waals surface area contributed by atoms with Crippen molar-refractivity contribution < 1.29 is 4.39 Å². The van der Waals surface area contributed by atoms with Crippen molar-refractivity contribution >= 4 is 28.3 Å². The molecule has 0 amide bonds. The molecular formula is C20H22FN3S2. The standard InChI is InChI=1S/C18H16FN3S2.C2H6/c19-14-4-3-11(10-20)8-12(14)16-9-13-15(24-16)2-1-5-18(13)6-7-23-17(21)22-18;1-2/h3-4,8-9H,1-2,5-7H2,(H2,21,22);1-2H3. The average Bonchev–Trinajstić information content (AvgIpc) is 3.10.